The van der Waals surface area contributed by atoms with Crippen molar-refractivity contribution in [3.05, 3.63) is 71.8 Å². The molecule has 1 heterocycles. The molecular weight excluding hydrogens is 248 g/mol. The first kappa shape index (κ1) is 13.3. The van der Waals surface area contributed by atoms with E-state index in [9.17, 15) is 0 Å². The molecule has 2 aromatic carbocycles. The molecule has 104 valence electrons. The third kappa shape index (κ3) is 2.77. The second-order valence-electron chi connectivity index (χ2n) is 5.37. The van der Waals surface area contributed by atoms with Crippen LogP contribution in [0.2, 0.25) is 0 Å². The Morgan fingerprint density at radius 3 is 2.20 bits per heavy atom. The zero-order valence-corrected chi connectivity index (χ0v) is 11.8. The molecule has 2 heteroatoms. The molecule has 1 fully saturated rings. The topological polar surface area (TPSA) is 21.8 Å². The fraction of sp³-hybridized carbons (Fsp3) is 0.333. The summed E-state index contributed by atoms with van der Waals surface area (Å²) >= 11 is 0. The van der Waals surface area contributed by atoms with E-state index in [-0.39, 0.29) is 11.7 Å². The largest absolute Gasteiger partial charge is 0.374 e. The van der Waals surface area contributed by atoms with E-state index in [0.29, 0.717) is 0 Å². The van der Waals surface area contributed by atoms with Gasteiger partial charge in [-0.3, -0.25) is 0 Å². The van der Waals surface area contributed by atoms with Gasteiger partial charge in [0.2, 0.25) is 0 Å². The van der Waals surface area contributed by atoms with Gasteiger partial charge in [-0.15, -0.1) is 0 Å². The van der Waals surface area contributed by atoms with E-state index in [0.717, 1.165) is 19.4 Å². The number of hydrogen-bond acceptors (Lipinski definition) is 2. The molecule has 1 unspecified atom stereocenters. The number of benzene rings is 2. The molecule has 1 aliphatic rings. The van der Waals surface area contributed by atoms with E-state index in [1.807, 2.05) is 6.07 Å². The maximum Gasteiger partial charge on any atom is 0.122 e. The maximum atomic E-state index is 5.80. The van der Waals surface area contributed by atoms with Crippen LogP contribution in [0.25, 0.3) is 0 Å². The van der Waals surface area contributed by atoms with Crippen LogP contribution in [0.5, 0.6) is 0 Å². The van der Waals surface area contributed by atoms with Gasteiger partial charge in [-0.25, -0.2) is 0 Å². The van der Waals surface area contributed by atoms with Crippen molar-refractivity contribution in [1.29, 1.82) is 0 Å². The molecule has 0 aromatic heterocycles. The second-order valence-corrected chi connectivity index (χ2v) is 5.37. The summed E-state index contributed by atoms with van der Waals surface area (Å²) < 4.78 is 11.5. The molecule has 3 rings (SSSR count). The third-order valence-electron chi connectivity index (χ3n) is 4.01. The average Bonchev–Trinajstić information content (AvgIpc) is 3.29. The van der Waals surface area contributed by atoms with Crippen LogP contribution >= 0.6 is 0 Å². The lowest BCUT2D eigenvalue weighted by Gasteiger charge is -2.23. The molecule has 1 saturated heterocycles. The molecule has 1 aliphatic heterocycles. The average molecular weight is 268 g/mol. The van der Waals surface area contributed by atoms with Crippen LogP contribution in [0.1, 0.15) is 23.7 Å². The number of epoxide rings is 1. The van der Waals surface area contributed by atoms with Crippen molar-refractivity contribution in [2.24, 2.45) is 0 Å². The van der Waals surface area contributed by atoms with Gasteiger partial charge in [0, 0.05) is 7.11 Å². The van der Waals surface area contributed by atoms with Crippen LogP contribution < -0.4 is 0 Å². The van der Waals surface area contributed by atoms with Crippen molar-refractivity contribution < 1.29 is 9.47 Å². The smallest absolute Gasteiger partial charge is 0.122 e. The summed E-state index contributed by atoms with van der Waals surface area (Å²) in [4.78, 5) is 0. The van der Waals surface area contributed by atoms with E-state index >= 15 is 0 Å². The first-order chi connectivity index (χ1) is 9.84. The van der Waals surface area contributed by atoms with Crippen LogP contribution in [0, 0.1) is 0 Å². The predicted molar refractivity (Wildman–Crippen MR) is 79.6 cm³/mol. The number of aryl methyl sites for hydroxylation is 1. The summed E-state index contributed by atoms with van der Waals surface area (Å²) in [6.07, 6.45) is 2.03. The Kier molecular flexibility index (Phi) is 3.86. The second kappa shape index (κ2) is 5.78. The summed E-state index contributed by atoms with van der Waals surface area (Å²) in [5.41, 5.74) is 2.40. The van der Waals surface area contributed by atoms with Gasteiger partial charge in [0.1, 0.15) is 11.7 Å². The van der Waals surface area contributed by atoms with Crippen molar-refractivity contribution in [3.8, 4) is 0 Å². The minimum Gasteiger partial charge on any atom is -0.374 e. The van der Waals surface area contributed by atoms with Crippen LogP contribution in [0.3, 0.4) is 0 Å². The summed E-state index contributed by atoms with van der Waals surface area (Å²) in [5.74, 6) is 0. The lowest BCUT2D eigenvalue weighted by atomic mass is 9.90. The van der Waals surface area contributed by atoms with Gasteiger partial charge in [-0.2, -0.15) is 0 Å². The molecule has 2 atom stereocenters. The van der Waals surface area contributed by atoms with E-state index in [1.54, 1.807) is 7.11 Å². The zero-order valence-electron chi connectivity index (χ0n) is 11.8. The predicted octanol–water partition coefficient (Wildman–Crippen LogP) is 3.78. The van der Waals surface area contributed by atoms with E-state index in [2.05, 4.69) is 54.6 Å². The lowest BCUT2D eigenvalue weighted by Crippen LogP contribution is -2.25. The summed E-state index contributed by atoms with van der Waals surface area (Å²) in [6, 6.07) is 20.9. The Morgan fingerprint density at radius 2 is 1.65 bits per heavy atom. The Balaban J connectivity index is 1.71. The first-order valence-electron chi connectivity index (χ1n) is 7.10. The molecule has 0 bridgehead atoms. The van der Waals surface area contributed by atoms with Gasteiger partial charge in [-0.1, -0.05) is 60.7 Å². The molecule has 20 heavy (non-hydrogen) atoms. The number of ether oxygens (including phenoxy) is 2. The van der Waals surface area contributed by atoms with Gasteiger partial charge >= 0.3 is 0 Å². The molecule has 0 aliphatic carbocycles. The van der Waals surface area contributed by atoms with Crippen molar-refractivity contribution >= 4 is 0 Å². The van der Waals surface area contributed by atoms with Gasteiger partial charge < -0.3 is 9.47 Å². The molecule has 0 N–H and O–H groups in total. The van der Waals surface area contributed by atoms with Crippen LogP contribution in [0.15, 0.2) is 60.7 Å². The highest BCUT2D eigenvalue weighted by Crippen LogP contribution is 2.45. The monoisotopic (exact) mass is 268 g/mol. The number of methoxy groups -OCH3 is 1. The maximum absolute atomic E-state index is 5.80. The SMILES string of the molecule is COC(c1ccccc1)[C@]1(CCc2ccccc2)CO1. The highest BCUT2D eigenvalue weighted by atomic mass is 16.6. The van der Waals surface area contributed by atoms with Gasteiger partial charge in [0.25, 0.3) is 0 Å². The molecule has 2 aromatic rings. The molecule has 0 amide bonds. The van der Waals surface area contributed by atoms with Crippen LogP contribution in [-0.2, 0) is 15.9 Å². The van der Waals surface area contributed by atoms with Crippen LogP contribution in [-0.4, -0.2) is 19.3 Å². The quantitative estimate of drug-likeness (QED) is 0.744. The fourth-order valence-electron chi connectivity index (χ4n) is 2.80. The molecule has 0 saturated carbocycles. The summed E-state index contributed by atoms with van der Waals surface area (Å²) in [7, 11) is 1.77. The Bertz CT molecular complexity index is 532. The zero-order chi connectivity index (χ0) is 13.8. The molecule has 0 spiro atoms. The van der Waals surface area contributed by atoms with E-state index < -0.39 is 0 Å². The molecule has 2 nitrogen and oxygen atoms in total. The highest BCUT2D eigenvalue weighted by Gasteiger charge is 2.52. The van der Waals surface area contributed by atoms with Crippen molar-refractivity contribution in [2.45, 2.75) is 24.5 Å². The number of rotatable bonds is 6. The third-order valence-corrected chi connectivity index (χ3v) is 4.01. The lowest BCUT2D eigenvalue weighted by molar-refractivity contribution is 0.0249. The van der Waals surface area contributed by atoms with Gasteiger partial charge in [-0.05, 0) is 24.0 Å². The Hall–Kier alpha value is -1.64. The standard InChI is InChI=1S/C18H20O2/c1-19-17(16-10-6-3-7-11-16)18(14-20-18)13-12-15-8-4-2-5-9-15/h2-11,17H,12-14H2,1H3/t17?,18-/m0/s1. The molecular formula is C18H20O2. The Labute approximate surface area is 120 Å². The summed E-state index contributed by atoms with van der Waals surface area (Å²) in [5, 5.41) is 0. The normalized spacial score (nSPS) is 22.4. The highest BCUT2D eigenvalue weighted by molar-refractivity contribution is 5.24. The van der Waals surface area contributed by atoms with Gasteiger partial charge in [0.15, 0.2) is 0 Å². The fourth-order valence-corrected chi connectivity index (χ4v) is 2.80. The van der Waals surface area contributed by atoms with Crippen molar-refractivity contribution in [2.75, 3.05) is 13.7 Å². The number of hydrogen-bond donors (Lipinski definition) is 0. The van der Waals surface area contributed by atoms with Gasteiger partial charge in [0.05, 0.1) is 6.61 Å². The minimum absolute atomic E-state index is 0.0208. The van der Waals surface area contributed by atoms with Crippen molar-refractivity contribution in [3.63, 3.8) is 0 Å². The minimum atomic E-state index is -0.147. The van der Waals surface area contributed by atoms with Crippen LogP contribution in [0.4, 0.5) is 0 Å². The first-order valence-corrected chi connectivity index (χ1v) is 7.10. The summed E-state index contributed by atoms with van der Waals surface area (Å²) in [6.45, 7) is 0.785. The van der Waals surface area contributed by atoms with E-state index in [1.165, 1.54) is 11.1 Å². The molecule has 0 radical (unpaired) electrons. The Morgan fingerprint density at radius 1 is 1.05 bits per heavy atom. The van der Waals surface area contributed by atoms with Crippen molar-refractivity contribution in [1.82, 2.24) is 0 Å². The van der Waals surface area contributed by atoms with E-state index in [4.69, 9.17) is 9.47 Å².